The topological polar surface area (TPSA) is 55.0 Å². The van der Waals surface area contributed by atoms with Crippen LogP contribution in [-0.4, -0.2) is 16.5 Å². The van der Waals surface area contributed by atoms with Crippen LogP contribution in [-0.2, 0) is 12.8 Å². The normalized spacial score (nSPS) is 14.3. The van der Waals surface area contributed by atoms with Crippen molar-refractivity contribution in [2.24, 2.45) is 0 Å². The molecule has 1 aliphatic heterocycles. The predicted molar refractivity (Wildman–Crippen MR) is 77.6 cm³/mol. The third-order valence-corrected chi connectivity index (χ3v) is 3.48. The van der Waals surface area contributed by atoms with E-state index >= 15 is 0 Å². The highest BCUT2D eigenvalue weighted by Crippen LogP contribution is 2.32. The number of nitrogens with zero attached hydrogens (tertiary/aromatic N) is 3. The first-order valence-corrected chi connectivity index (χ1v) is 6.77. The quantitative estimate of drug-likeness (QED) is 0.895. The zero-order valence-electron chi connectivity index (χ0n) is 11.1. The number of fused-ring (bicyclic) bond motifs is 1. The molecular formula is C15H18N4. The lowest BCUT2D eigenvalue weighted by atomic mass is 10.0. The van der Waals surface area contributed by atoms with Gasteiger partial charge in [-0.15, -0.1) is 0 Å². The van der Waals surface area contributed by atoms with E-state index in [2.05, 4.69) is 39.1 Å². The number of aryl methyl sites for hydroxylation is 2. The van der Waals surface area contributed by atoms with Crippen LogP contribution in [0.4, 0.5) is 17.3 Å². The smallest absolute Gasteiger partial charge is 0.138 e. The van der Waals surface area contributed by atoms with Gasteiger partial charge in [-0.2, -0.15) is 0 Å². The molecule has 19 heavy (non-hydrogen) atoms. The summed E-state index contributed by atoms with van der Waals surface area (Å²) in [6.45, 7) is 3.03. The molecule has 4 heteroatoms. The molecule has 3 rings (SSSR count). The number of benzene rings is 1. The molecular weight excluding hydrogens is 236 g/mol. The third kappa shape index (κ3) is 2.26. The highest BCUT2D eigenvalue weighted by Gasteiger charge is 2.19. The summed E-state index contributed by atoms with van der Waals surface area (Å²) in [5.41, 5.74) is 8.51. The number of aromatic nitrogens is 2. The van der Waals surface area contributed by atoms with E-state index in [0.29, 0.717) is 5.82 Å². The number of hydrogen-bond acceptors (Lipinski definition) is 4. The second kappa shape index (κ2) is 4.88. The molecule has 0 radical (unpaired) electrons. The van der Waals surface area contributed by atoms with Gasteiger partial charge in [0.25, 0.3) is 0 Å². The van der Waals surface area contributed by atoms with E-state index in [9.17, 15) is 0 Å². The first kappa shape index (κ1) is 12.0. The molecule has 0 saturated carbocycles. The van der Waals surface area contributed by atoms with Crippen molar-refractivity contribution in [3.8, 4) is 0 Å². The Morgan fingerprint density at radius 2 is 2.11 bits per heavy atom. The van der Waals surface area contributed by atoms with Crippen LogP contribution >= 0.6 is 0 Å². The van der Waals surface area contributed by atoms with E-state index < -0.39 is 0 Å². The van der Waals surface area contributed by atoms with Gasteiger partial charge < -0.3 is 10.6 Å². The van der Waals surface area contributed by atoms with Crippen molar-refractivity contribution in [3.63, 3.8) is 0 Å². The summed E-state index contributed by atoms with van der Waals surface area (Å²) in [6, 6.07) is 10.4. The number of nitrogens with two attached hydrogens (primary N) is 1. The number of hydrogen-bond donors (Lipinski definition) is 1. The van der Waals surface area contributed by atoms with Gasteiger partial charge in [-0.1, -0.05) is 25.1 Å². The summed E-state index contributed by atoms with van der Waals surface area (Å²) < 4.78 is 0. The molecule has 0 unspecified atom stereocenters. The molecule has 0 spiro atoms. The highest BCUT2D eigenvalue weighted by molar-refractivity contribution is 5.66. The standard InChI is InChI=1S/C15H18N4/c1-2-14-17-13(16)10-15(18-14)19-9-5-7-11-6-3-4-8-12(11)19/h3-4,6,8,10H,2,5,7,9H2,1H3,(H2,16,17,18). The maximum atomic E-state index is 5.88. The molecule has 1 aliphatic rings. The van der Waals surface area contributed by atoms with Gasteiger partial charge in [-0.25, -0.2) is 9.97 Å². The molecule has 0 fully saturated rings. The zero-order chi connectivity index (χ0) is 13.2. The summed E-state index contributed by atoms with van der Waals surface area (Å²) in [7, 11) is 0. The fourth-order valence-electron chi connectivity index (χ4n) is 2.57. The molecule has 0 saturated heterocycles. The average Bonchev–Trinajstić information content (AvgIpc) is 2.46. The molecule has 2 heterocycles. The van der Waals surface area contributed by atoms with Crippen LogP contribution in [0.5, 0.6) is 0 Å². The summed E-state index contributed by atoms with van der Waals surface area (Å²) >= 11 is 0. The fraction of sp³-hybridized carbons (Fsp3) is 0.333. The Morgan fingerprint density at radius 3 is 2.95 bits per heavy atom. The molecule has 98 valence electrons. The SMILES string of the molecule is CCc1nc(N)cc(N2CCCc3ccccc32)n1. The van der Waals surface area contributed by atoms with E-state index in [-0.39, 0.29) is 0 Å². The molecule has 0 bridgehead atoms. The van der Waals surface area contributed by atoms with E-state index in [1.165, 1.54) is 11.3 Å². The van der Waals surface area contributed by atoms with Gasteiger partial charge in [-0.05, 0) is 24.5 Å². The largest absolute Gasteiger partial charge is 0.384 e. The maximum Gasteiger partial charge on any atom is 0.138 e. The Labute approximate surface area is 113 Å². The summed E-state index contributed by atoms with van der Waals surface area (Å²) in [5, 5.41) is 0. The van der Waals surface area contributed by atoms with Gasteiger partial charge in [0.15, 0.2) is 0 Å². The van der Waals surface area contributed by atoms with Gasteiger partial charge in [0.2, 0.25) is 0 Å². The number of nitrogen functional groups attached to an aromatic ring is 1. The minimum absolute atomic E-state index is 0.546. The van der Waals surface area contributed by atoms with Crippen molar-refractivity contribution in [1.82, 2.24) is 9.97 Å². The summed E-state index contributed by atoms with van der Waals surface area (Å²) in [6.07, 6.45) is 3.07. The minimum Gasteiger partial charge on any atom is -0.384 e. The molecule has 4 nitrogen and oxygen atoms in total. The van der Waals surface area contributed by atoms with Crippen molar-refractivity contribution < 1.29 is 0 Å². The number of para-hydroxylation sites is 1. The van der Waals surface area contributed by atoms with Gasteiger partial charge in [0.1, 0.15) is 17.5 Å². The Morgan fingerprint density at radius 1 is 1.26 bits per heavy atom. The maximum absolute atomic E-state index is 5.88. The first-order valence-electron chi connectivity index (χ1n) is 6.77. The first-order chi connectivity index (χ1) is 9.28. The second-order valence-corrected chi connectivity index (χ2v) is 4.80. The van der Waals surface area contributed by atoms with Gasteiger partial charge in [0, 0.05) is 24.7 Å². The molecule has 2 aromatic rings. The van der Waals surface area contributed by atoms with Crippen molar-refractivity contribution in [2.75, 3.05) is 17.2 Å². The van der Waals surface area contributed by atoms with Crippen LogP contribution in [0.2, 0.25) is 0 Å². The van der Waals surface area contributed by atoms with Crippen molar-refractivity contribution in [3.05, 3.63) is 41.7 Å². The highest BCUT2D eigenvalue weighted by atomic mass is 15.2. The van der Waals surface area contributed by atoms with E-state index in [1.807, 2.05) is 13.0 Å². The summed E-state index contributed by atoms with van der Waals surface area (Å²) in [4.78, 5) is 11.1. The Hall–Kier alpha value is -2.10. The zero-order valence-corrected chi connectivity index (χ0v) is 11.1. The number of rotatable bonds is 2. The van der Waals surface area contributed by atoms with Crippen molar-refractivity contribution in [1.29, 1.82) is 0 Å². The molecule has 0 amide bonds. The fourth-order valence-corrected chi connectivity index (χ4v) is 2.57. The number of anilines is 3. The predicted octanol–water partition coefficient (Wildman–Crippen LogP) is 2.71. The van der Waals surface area contributed by atoms with Crippen LogP contribution in [0.15, 0.2) is 30.3 Å². The lowest BCUT2D eigenvalue weighted by Crippen LogP contribution is -2.25. The second-order valence-electron chi connectivity index (χ2n) is 4.80. The van der Waals surface area contributed by atoms with Crippen LogP contribution in [0.25, 0.3) is 0 Å². The van der Waals surface area contributed by atoms with Gasteiger partial charge in [0.05, 0.1) is 0 Å². The lowest BCUT2D eigenvalue weighted by molar-refractivity contribution is 0.754. The third-order valence-electron chi connectivity index (χ3n) is 3.48. The summed E-state index contributed by atoms with van der Waals surface area (Å²) in [5.74, 6) is 2.26. The Kier molecular flexibility index (Phi) is 3.07. The average molecular weight is 254 g/mol. The van der Waals surface area contributed by atoms with Crippen LogP contribution in [0.1, 0.15) is 24.7 Å². The Bertz CT molecular complexity index is 594. The molecule has 1 aromatic heterocycles. The van der Waals surface area contributed by atoms with Crippen molar-refractivity contribution in [2.45, 2.75) is 26.2 Å². The minimum atomic E-state index is 0.546. The van der Waals surface area contributed by atoms with E-state index in [1.54, 1.807) is 0 Å². The molecule has 2 N–H and O–H groups in total. The van der Waals surface area contributed by atoms with Gasteiger partial charge >= 0.3 is 0 Å². The van der Waals surface area contributed by atoms with Crippen LogP contribution in [0.3, 0.4) is 0 Å². The van der Waals surface area contributed by atoms with E-state index in [4.69, 9.17) is 5.73 Å². The van der Waals surface area contributed by atoms with E-state index in [0.717, 1.165) is 37.4 Å². The van der Waals surface area contributed by atoms with Crippen LogP contribution in [0, 0.1) is 0 Å². The lowest BCUT2D eigenvalue weighted by Gasteiger charge is -2.30. The Balaban J connectivity index is 2.06. The van der Waals surface area contributed by atoms with Gasteiger partial charge in [-0.3, -0.25) is 0 Å². The molecule has 1 aromatic carbocycles. The van der Waals surface area contributed by atoms with Crippen molar-refractivity contribution >= 4 is 17.3 Å². The molecule has 0 aliphatic carbocycles. The van der Waals surface area contributed by atoms with Crippen LogP contribution < -0.4 is 10.6 Å². The monoisotopic (exact) mass is 254 g/mol. The molecule has 0 atom stereocenters.